The zero-order chi connectivity index (χ0) is 72.9. The van der Waals surface area contributed by atoms with Gasteiger partial charge < -0.3 is 39.4 Å². The van der Waals surface area contributed by atoms with E-state index in [0.717, 1.165) is 12.1 Å². The van der Waals surface area contributed by atoms with E-state index in [9.17, 15) is 52.8 Å². The Bertz CT molecular complexity index is 4250. The molecule has 0 bridgehead atoms. The second kappa shape index (κ2) is 30.4. The van der Waals surface area contributed by atoms with Crippen molar-refractivity contribution in [2.45, 2.75) is 154 Å². The van der Waals surface area contributed by atoms with E-state index in [-0.39, 0.29) is 96.1 Å². The molecule has 2 fully saturated rings. The van der Waals surface area contributed by atoms with E-state index >= 15 is 8.78 Å². The first-order valence-electron chi connectivity index (χ1n) is 32.0. The van der Waals surface area contributed by atoms with Gasteiger partial charge in [0.2, 0.25) is 35.5 Å². The number of likely N-dealkylation sites (tertiary alicyclic amines) is 2. The maximum Gasteiger partial charge on any atom is 0.410 e. The van der Waals surface area contributed by atoms with Gasteiger partial charge in [0.05, 0.1) is 58.6 Å². The van der Waals surface area contributed by atoms with Gasteiger partial charge in [-0.05, 0) is 152 Å². The van der Waals surface area contributed by atoms with Crippen LogP contribution in [0.1, 0.15) is 103 Å². The summed E-state index contributed by atoms with van der Waals surface area (Å²) in [5.41, 5.74) is 1.25. The van der Waals surface area contributed by atoms with Crippen LogP contribution in [-0.2, 0) is 40.7 Å². The number of piperidine rings is 2. The minimum atomic E-state index is -4.08. The Morgan fingerprint density at radius 3 is 1.24 bits per heavy atom. The molecule has 0 unspecified atom stereocenters. The predicted octanol–water partition coefficient (Wildman–Crippen LogP) is 15.3. The van der Waals surface area contributed by atoms with Gasteiger partial charge in [-0.3, -0.25) is 0 Å². The number of alkyl halides is 6. The summed E-state index contributed by atoms with van der Waals surface area (Å²) in [6.45, 7) is 15.4. The fraction of sp³-hybridized carbons (Fsp3) is 0.429. The van der Waals surface area contributed by atoms with Gasteiger partial charge in [-0.15, -0.1) is 0 Å². The van der Waals surface area contributed by atoms with Gasteiger partial charge in [-0.25, -0.2) is 91.5 Å². The standard InChI is InChI=1S/2C35H39F4N5O5S/c2*1-21-8-9-24-25(10-11-28(37)27(24)20-50(46,47)16-13-35(5,38)39)30(21)48-31-26(7-6-14-40-31)29-12-15-41-32(43-29)42-23-17-22(36)18-44(19-23)33(45)49-34(2,3)4/h2*6-12,14-15,22-23H,13,16-20H2,1-5H3,(H,41,42,43)/t2*22-,23-/m10/s1. The van der Waals surface area contributed by atoms with Crippen LogP contribution in [0, 0.1) is 25.5 Å². The number of anilines is 2. The maximum atomic E-state index is 15.1. The van der Waals surface area contributed by atoms with Crippen LogP contribution in [0.4, 0.5) is 56.6 Å². The van der Waals surface area contributed by atoms with Crippen LogP contribution in [-0.4, -0.2) is 154 Å². The molecule has 2 aliphatic rings. The van der Waals surface area contributed by atoms with Crippen LogP contribution in [0.5, 0.6) is 23.3 Å². The summed E-state index contributed by atoms with van der Waals surface area (Å²) < 4.78 is 188. The number of ether oxygens (including phenoxy) is 4. The average Bonchev–Trinajstić information content (AvgIpc) is 0.774. The number of aromatic nitrogens is 6. The van der Waals surface area contributed by atoms with Crippen molar-refractivity contribution in [2.24, 2.45) is 0 Å². The molecule has 536 valence electrons. The van der Waals surface area contributed by atoms with Gasteiger partial charge in [-0.1, -0.05) is 24.3 Å². The number of aryl methyl sites for hydroxylation is 2. The predicted molar refractivity (Wildman–Crippen MR) is 363 cm³/mol. The topological polar surface area (TPSA) is 247 Å². The summed E-state index contributed by atoms with van der Waals surface area (Å²) in [6, 6.07) is 20.7. The lowest BCUT2D eigenvalue weighted by atomic mass is 10.0. The van der Waals surface area contributed by atoms with Gasteiger partial charge in [0.15, 0.2) is 19.7 Å². The summed E-state index contributed by atoms with van der Waals surface area (Å²) in [5.74, 6) is -9.86. The van der Waals surface area contributed by atoms with E-state index in [0.29, 0.717) is 58.3 Å². The van der Waals surface area contributed by atoms with Crippen LogP contribution in [0.2, 0.25) is 0 Å². The van der Waals surface area contributed by atoms with Crippen molar-refractivity contribution in [3.8, 4) is 45.8 Å². The smallest absolute Gasteiger partial charge is 0.410 e. The monoisotopic (exact) mass is 1430 g/mol. The molecule has 6 heterocycles. The number of halogens is 8. The van der Waals surface area contributed by atoms with Crippen LogP contribution >= 0.6 is 0 Å². The number of carbonyl (C=O) groups is 2. The zero-order valence-electron chi connectivity index (χ0n) is 56.7. The Balaban J connectivity index is 0.000000233. The van der Waals surface area contributed by atoms with Gasteiger partial charge >= 0.3 is 12.2 Å². The Hall–Kier alpha value is -9.06. The highest BCUT2D eigenvalue weighted by Gasteiger charge is 2.36. The molecule has 0 aliphatic carbocycles. The number of nitrogens with zero attached hydrogens (tertiary/aromatic N) is 8. The molecule has 30 heteroatoms. The number of amides is 2. The third-order valence-corrected chi connectivity index (χ3v) is 18.9. The molecule has 100 heavy (non-hydrogen) atoms. The molecule has 2 aliphatic heterocycles. The van der Waals surface area contributed by atoms with Gasteiger partial charge in [0.1, 0.15) is 46.7 Å². The molecule has 4 atom stereocenters. The van der Waals surface area contributed by atoms with E-state index in [1.807, 2.05) is 0 Å². The third kappa shape index (κ3) is 20.6. The second-order valence-corrected chi connectivity index (χ2v) is 31.4. The fourth-order valence-electron chi connectivity index (χ4n) is 11.1. The molecule has 0 spiro atoms. The highest BCUT2D eigenvalue weighted by molar-refractivity contribution is 7.90. The quantitative estimate of drug-likeness (QED) is 0.0673. The minimum Gasteiger partial charge on any atom is -0.444 e. The zero-order valence-corrected chi connectivity index (χ0v) is 58.3. The van der Waals surface area contributed by atoms with Crippen LogP contribution in [0.15, 0.2) is 110 Å². The van der Waals surface area contributed by atoms with Crippen molar-refractivity contribution in [2.75, 3.05) is 48.3 Å². The maximum absolute atomic E-state index is 15.1. The van der Waals surface area contributed by atoms with E-state index in [1.54, 1.807) is 116 Å². The molecule has 4 aromatic heterocycles. The number of pyridine rings is 2. The number of hydrogen-bond donors (Lipinski definition) is 2. The molecule has 20 nitrogen and oxygen atoms in total. The van der Waals surface area contributed by atoms with Crippen LogP contribution in [0.3, 0.4) is 0 Å². The number of carbonyl (C=O) groups excluding carboxylic acids is 2. The number of hydrogen-bond acceptors (Lipinski definition) is 18. The molecule has 8 aromatic rings. The van der Waals surface area contributed by atoms with Crippen molar-refractivity contribution in [1.29, 1.82) is 0 Å². The lowest BCUT2D eigenvalue weighted by Crippen LogP contribution is -2.51. The first kappa shape index (κ1) is 75.1. The summed E-state index contributed by atoms with van der Waals surface area (Å²) in [7, 11) is -8.16. The van der Waals surface area contributed by atoms with Crippen molar-refractivity contribution >= 4 is 65.3 Å². The first-order chi connectivity index (χ1) is 46.7. The van der Waals surface area contributed by atoms with Crippen LogP contribution < -0.4 is 20.1 Å². The Kier molecular flexibility index (Phi) is 22.9. The first-order valence-corrected chi connectivity index (χ1v) is 35.7. The molecule has 2 amide bonds. The molecule has 0 saturated carbocycles. The van der Waals surface area contributed by atoms with E-state index in [4.69, 9.17) is 18.9 Å². The van der Waals surface area contributed by atoms with Gasteiger partial charge in [-0.2, -0.15) is 0 Å². The largest absolute Gasteiger partial charge is 0.444 e. The Labute approximate surface area is 574 Å². The number of rotatable bonds is 20. The van der Waals surface area contributed by atoms with E-state index in [1.165, 1.54) is 46.7 Å². The summed E-state index contributed by atoms with van der Waals surface area (Å²) >= 11 is 0. The highest BCUT2D eigenvalue weighted by Crippen LogP contribution is 2.41. The lowest BCUT2D eigenvalue weighted by Gasteiger charge is -2.36. The van der Waals surface area contributed by atoms with Crippen LogP contribution in [0.25, 0.3) is 44.1 Å². The Morgan fingerprint density at radius 2 is 0.880 bits per heavy atom. The lowest BCUT2D eigenvalue weighted by molar-refractivity contribution is 0.0117. The molecule has 2 N–H and O–H groups in total. The number of benzene rings is 4. The third-order valence-electron chi connectivity index (χ3n) is 15.8. The SMILES string of the molecule is Cc1ccc2c(CS(=O)(=O)CCC(C)(F)F)c(F)ccc2c1Oc1ncccc1-c1ccnc(N[C@@H]2C[C@@H](F)CN(C(=O)OC(C)(C)C)C2)n1.Cc1ccc2c(CS(=O)(=O)CCC(C)(F)F)c(F)ccc2c1Oc1ncccc1-c1ccnc(N[C@H]2C[C@H](F)CN(C(=O)OC(C)(C)C)C2)n1. The van der Waals surface area contributed by atoms with Crippen molar-refractivity contribution in [3.05, 3.63) is 144 Å². The van der Waals surface area contributed by atoms with Crippen molar-refractivity contribution < 1.29 is 80.5 Å². The molecule has 2 saturated heterocycles. The van der Waals surface area contributed by atoms with Crippen molar-refractivity contribution in [1.82, 2.24) is 39.7 Å². The number of nitrogens with one attached hydrogen (secondary N) is 2. The molecule has 10 rings (SSSR count). The molecule has 0 radical (unpaired) electrons. The number of fused-ring (bicyclic) bond motifs is 2. The normalized spacial score (nSPS) is 17.1. The van der Waals surface area contributed by atoms with Gasteiger partial charge in [0.25, 0.3) is 0 Å². The summed E-state index contributed by atoms with van der Waals surface area (Å²) in [6.07, 6.45) is 0.756. The second-order valence-electron chi connectivity index (χ2n) is 27.1. The minimum absolute atomic E-state index is 0.0837. The molecular formula is C70H78F8N10O10S2. The summed E-state index contributed by atoms with van der Waals surface area (Å²) in [4.78, 5) is 54.5. The van der Waals surface area contributed by atoms with Gasteiger partial charge in [0, 0.05) is 97.5 Å². The van der Waals surface area contributed by atoms with Crippen molar-refractivity contribution in [3.63, 3.8) is 0 Å². The Morgan fingerprint density at radius 1 is 0.510 bits per heavy atom. The van der Waals surface area contributed by atoms with E-state index < -0.39 is 127 Å². The summed E-state index contributed by atoms with van der Waals surface area (Å²) in [5, 5.41) is 7.53. The highest BCUT2D eigenvalue weighted by atomic mass is 32.2. The molecular weight excluding hydrogens is 1360 g/mol. The molecule has 4 aromatic carbocycles. The number of sulfone groups is 2. The van der Waals surface area contributed by atoms with E-state index in [2.05, 4.69) is 40.5 Å². The fourth-order valence-corrected chi connectivity index (χ4v) is 14.2. The average molecular weight is 1440 g/mol.